The summed E-state index contributed by atoms with van der Waals surface area (Å²) in [5, 5.41) is 19.0. The maximum atomic E-state index is 13.3. The highest BCUT2D eigenvalue weighted by Gasteiger charge is 2.39. The summed E-state index contributed by atoms with van der Waals surface area (Å²) in [7, 11) is -5.36. The van der Waals surface area contributed by atoms with Crippen LogP contribution in [0, 0.1) is 46.1 Å². The van der Waals surface area contributed by atoms with Gasteiger partial charge >= 0.3 is 11.9 Å². The van der Waals surface area contributed by atoms with Gasteiger partial charge in [0, 0.05) is 26.2 Å². The molecule has 0 atom stereocenters. The summed E-state index contributed by atoms with van der Waals surface area (Å²) in [6.07, 6.45) is 0. The number of sulfonamides is 2. The number of hydrogen-bond donors (Lipinski definition) is 2. The molecule has 2 aromatic heterocycles. The Hall–Kier alpha value is -7.44. The molecule has 6 rings (SSSR count). The second kappa shape index (κ2) is 21.5. The number of hydrogen-bond acceptors (Lipinski definition) is 18. The van der Waals surface area contributed by atoms with E-state index in [2.05, 4.69) is 9.97 Å². The number of halogens is 2. The summed E-state index contributed by atoms with van der Waals surface area (Å²) in [6, 6.07) is 16.5. The number of nitrogens with one attached hydrogen (secondary N) is 2. The van der Waals surface area contributed by atoms with Crippen molar-refractivity contribution < 1.29 is 63.7 Å². The molecule has 0 unspecified atom stereocenters. The molecule has 2 aliphatic rings. The van der Waals surface area contributed by atoms with Crippen LogP contribution in [0.25, 0.3) is 0 Å². The first-order valence-electron chi connectivity index (χ1n) is 19.7. The van der Waals surface area contributed by atoms with Gasteiger partial charge in [-0.1, -0.05) is 24.3 Å². The monoisotopic (exact) mass is 952 g/mol. The zero-order chi connectivity index (χ0) is 48.3. The molecule has 4 aromatic rings. The van der Waals surface area contributed by atoms with Crippen molar-refractivity contribution in [3.63, 3.8) is 0 Å². The van der Waals surface area contributed by atoms with Crippen molar-refractivity contribution >= 4 is 55.4 Å². The van der Waals surface area contributed by atoms with Crippen LogP contribution in [0.3, 0.4) is 0 Å². The Kier molecular flexibility index (Phi) is 16.1. The van der Waals surface area contributed by atoms with Gasteiger partial charge in [0.1, 0.15) is 34.9 Å². The molecule has 2 aliphatic heterocycles. The lowest BCUT2D eigenvalue weighted by Gasteiger charge is -2.39. The molecule has 2 saturated heterocycles. The summed E-state index contributed by atoms with van der Waals surface area (Å²) in [6.45, 7) is 3.98. The molecule has 4 heterocycles. The van der Waals surface area contributed by atoms with Gasteiger partial charge in [0.2, 0.25) is 43.6 Å². The minimum Gasteiger partial charge on any atom is -0.480 e. The fraction of sp³-hybridized carbons (Fsp3) is 0.333. The Morgan fingerprint density at radius 1 is 0.667 bits per heavy atom. The molecule has 66 heavy (non-hydrogen) atoms. The number of ether oxygens (including phenoxy) is 4. The molecule has 348 valence electrons. The first kappa shape index (κ1) is 49.6. The lowest BCUT2D eigenvalue weighted by Crippen LogP contribution is -2.55. The lowest BCUT2D eigenvalue weighted by atomic mass is 9.98. The summed E-state index contributed by atoms with van der Waals surface area (Å²) >= 11 is 0. The van der Waals surface area contributed by atoms with Crippen LogP contribution in [0.5, 0.6) is 11.8 Å². The van der Waals surface area contributed by atoms with Crippen molar-refractivity contribution in [2.45, 2.75) is 25.4 Å². The minimum atomic E-state index is -4.02. The van der Waals surface area contributed by atoms with Crippen molar-refractivity contribution in [2.75, 3.05) is 63.4 Å². The number of nitriles is 2. The van der Waals surface area contributed by atoms with Gasteiger partial charge in [-0.25, -0.2) is 35.2 Å². The Morgan fingerprint density at radius 2 is 1.09 bits per heavy atom. The highest BCUT2D eigenvalue weighted by atomic mass is 32.2. The van der Waals surface area contributed by atoms with Gasteiger partial charge in [-0.3, -0.25) is 19.0 Å². The standard InChI is InChI=1S/2C21H21FN4O6S/c1-3-32-21(28)17-8-14(9-23)18(24-20(17)31-2)26-10-15(11-26)19(27)25-33(29,30)12-13-4-6-16(22)7-5-13;1-3-32-21(28)17-8-14(9-23)18(24-20(17)31-2)26-10-15(11-26)19(27)25-33(29,30)12-13-5-4-6-16(22)7-13/h2*4-8,15H,3,10-12H2,1-2H3,(H,25,27). The van der Waals surface area contributed by atoms with Crippen molar-refractivity contribution in [3.05, 3.63) is 106 Å². The fourth-order valence-corrected chi connectivity index (χ4v) is 8.81. The van der Waals surface area contributed by atoms with Gasteiger partial charge in [0.25, 0.3) is 0 Å². The molecular weight excluding hydrogens is 911 g/mol. The Balaban J connectivity index is 0.000000247. The van der Waals surface area contributed by atoms with E-state index in [0.29, 0.717) is 5.56 Å². The van der Waals surface area contributed by atoms with E-state index in [-0.39, 0.29) is 90.6 Å². The highest BCUT2D eigenvalue weighted by molar-refractivity contribution is 7.89. The van der Waals surface area contributed by atoms with Crippen LogP contribution >= 0.6 is 0 Å². The van der Waals surface area contributed by atoms with Crippen LogP contribution in [0.2, 0.25) is 0 Å². The molecule has 24 heteroatoms. The maximum absolute atomic E-state index is 13.3. The maximum Gasteiger partial charge on any atom is 0.343 e. The van der Waals surface area contributed by atoms with Gasteiger partial charge < -0.3 is 28.7 Å². The van der Waals surface area contributed by atoms with Gasteiger partial charge in [-0.2, -0.15) is 20.5 Å². The van der Waals surface area contributed by atoms with E-state index < -0.39 is 78.8 Å². The van der Waals surface area contributed by atoms with E-state index in [1.54, 1.807) is 23.6 Å². The van der Waals surface area contributed by atoms with Crippen molar-refractivity contribution in [1.82, 2.24) is 19.4 Å². The van der Waals surface area contributed by atoms with Crippen molar-refractivity contribution in [3.8, 4) is 23.9 Å². The molecule has 20 nitrogen and oxygen atoms in total. The smallest absolute Gasteiger partial charge is 0.343 e. The molecule has 0 bridgehead atoms. The van der Waals surface area contributed by atoms with E-state index >= 15 is 0 Å². The molecule has 2 amide bonds. The van der Waals surface area contributed by atoms with E-state index in [4.69, 9.17) is 18.9 Å². The van der Waals surface area contributed by atoms with Crippen LogP contribution in [0.1, 0.15) is 56.8 Å². The zero-order valence-electron chi connectivity index (χ0n) is 35.7. The number of nitrogens with zero attached hydrogens (tertiary/aromatic N) is 6. The number of pyridine rings is 2. The van der Waals surface area contributed by atoms with E-state index in [0.717, 1.165) is 18.2 Å². The molecule has 0 aliphatic carbocycles. The molecule has 0 radical (unpaired) electrons. The Labute approximate surface area is 378 Å². The summed E-state index contributed by atoms with van der Waals surface area (Å²) in [5.74, 6) is -5.83. The Bertz CT molecular complexity index is 2810. The number of amides is 2. The van der Waals surface area contributed by atoms with Crippen molar-refractivity contribution in [1.29, 1.82) is 10.5 Å². The SMILES string of the molecule is CCOC(=O)c1cc(C#N)c(N2CC(C(=O)NS(=O)(=O)Cc3ccc(F)cc3)C2)nc1OC.CCOC(=O)c1cc(C#N)c(N2CC(C(=O)NS(=O)(=O)Cc3cccc(F)c3)C2)nc1OC. The molecule has 2 aromatic carbocycles. The first-order chi connectivity index (χ1) is 31.3. The number of anilines is 2. The fourth-order valence-electron chi connectivity index (χ4n) is 6.47. The number of carbonyl (C=O) groups excluding carboxylic acids is 4. The van der Waals surface area contributed by atoms with Crippen LogP contribution in [0.15, 0.2) is 60.7 Å². The zero-order valence-corrected chi connectivity index (χ0v) is 37.4. The van der Waals surface area contributed by atoms with Crippen LogP contribution in [0.4, 0.5) is 20.4 Å². The molecular formula is C42H42F2N8O12S2. The number of esters is 2. The van der Waals surface area contributed by atoms with E-state index in [1.165, 1.54) is 56.7 Å². The number of rotatable bonds is 16. The number of benzene rings is 2. The predicted molar refractivity (Wildman–Crippen MR) is 229 cm³/mol. The highest BCUT2D eigenvalue weighted by Crippen LogP contribution is 2.32. The Morgan fingerprint density at radius 3 is 1.47 bits per heavy atom. The summed E-state index contributed by atoms with van der Waals surface area (Å²) in [4.78, 5) is 60.6. The van der Waals surface area contributed by atoms with E-state index in [1.807, 2.05) is 21.6 Å². The number of aromatic nitrogens is 2. The average molecular weight is 953 g/mol. The third-order valence-corrected chi connectivity index (χ3v) is 12.1. The topological polar surface area (TPSA) is 277 Å². The minimum absolute atomic E-state index is 0.00125. The predicted octanol–water partition coefficient (Wildman–Crippen LogP) is 2.72. The normalized spacial score (nSPS) is 13.6. The second-order valence-corrected chi connectivity index (χ2v) is 17.9. The summed E-state index contributed by atoms with van der Waals surface area (Å²) < 4.78 is 99.6. The first-order valence-corrected chi connectivity index (χ1v) is 23.0. The second-order valence-electron chi connectivity index (χ2n) is 14.4. The number of carbonyl (C=O) groups is 4. The molecule has 0 spiro atoms. The third-order valence-electron chi connectivity index (χ3n) is 9.68. The molecule has 2 fully saturated rings. The van der Waals surface area contributed by atoms with Gasteiger partial charge in [0.15, 0.2) is 11.6 Å². The van der Waals surface area contributed by atoms with Crippen molar-refractivity contribution in [2.24, 2.45) is 11.8 Å². The molecule has 2 N–H and O–H groups in total. The number of methoxy groups -OCH3 is 2. The van der Waals surface area contributed by atoms with Crippen LogP contribution in [-0.2, 0) is 50.6 Å². The third kappa shape index (κ3) is 12.4. The van der Waals surface area contributed by atoms with Crippen LogP contribution < -0.4 is 28.7 Å². The molecule has 0 saturated carbocycles. The van der Waals surface area contributed by atoms with Gasteiger partial charge in [-0.15, -0.1) is 0 Å². The lowest BCUT2D eigenvalue weighted by molar-refractivity contribution is -0.124. The quantitative estimate of drug-likeness (QED) is 0.153. The van der Waals surface area contributed by atoms with Gasteiger partial charge in [0.05, 0.1) is 61.9 Å². The largest absolute Gasteiger partial charge is 0.480 e. The van der Waals surface area contributed by atoms with Crippen LogP contribution in [-0.4, -0.2) is 104 Å². The van der Waals surface area contributed by atoms with E-state index in [9.17, 15) is 55.3 Å². The van der Waals surface area contributed by atoms with Gasteiger partial charge in [-0.05, 0) is 61.4 Å². The average Bonchev–Trinajstić information content (AvgIpc) is 3.22. The summed E-state index contributed by atoms with van der Waals surface area (Å²) in [5.41, 5.74) is 0.711.